The van der Waals surface area contributed by atoms with Crippen LogP contribution in [0.15, 0.2) is 34.6 Å². The fraction of sp³-hybridized carbons (Fsp3) is 0.0833. The molecule has 0 unspecified atom stereocenters. The van der Waals surface area contributed by atoms with Gasteiger partial charge < -0.3 is 15.7 Å². The van der Waals surface area contributed by atoms with E-state index in [9.17, 15) is 10.1 Å². The molecule has 3 N–H and O–H groups in total. The molecule has 1 heterocycles. The van der Waals surface area contributed by atoms with E-state index in [1.54, 1.807) is 12.1 Å². The Hall–Kier alpha value is -2.88. The Morgan fingerprint density at radius 3 is 2.91 bits per heavy atom. The van der Waals surface area contributed by atoms with E-state index in [2.05, 4.69) is 15.1 Å². The maximum absolute atomic E-state index is 10.6. The average molecular weight is 321 g/mol. The zero-order valence-corrected chi connectivity index (χ0v) is 12.1. The second-order valence-electron chi connectivity index (χ2n) is 3.95. The molecule has 0 aliphatic carbocycles. The number of aromatic nitrogens is 2. The van der Waals surface area contributed by atoms with Gasteiger partial charge in [0.2, 0.25) is 5.88 Å². The van der Waals surface area contributed by atoms with Crippen LogP contribution in [-0.2, 0) is 0 Å². The van der Waals surface area contributed by atoms with Crippen LogP contribution in [0.4, 0.5) is 5.69 Å². The van der Waals surface area contributed by atoms with E-state index >= 15 is 0 Å². The van der Waals surface area contributed by atoms with Gasteiger partial charge in [0.15, 0.2) is 0 Å². The highest BCUT2D eigenvalue weighted by Crippen LogP contribution is 2.33. The van der Waals surface area contributed by atoms with Crippen molar-refractivity contribution in [3.8, 4) is 17.1 Å². The van der Waals surface area contributed by atoms with Crippen LogP contribution in [0.1, 0.15) is 5.56 Å². The minimum absolute atomic E-state index is 0.209. The predicted molar refractivity (Wildman–Crippen MR) is 80.7 cm³/mol. The molecule has 0 aliphatic rings. The van der Waals surface area contributed by atoms with Crippen molar-refractivity contribution in [3.63, 3.8) is 0 Å². The number of nitrogens with zero attached hydrogens (tertiary/aromatic N) is 4. The second kappa shape index (κ2) is 6.72. The van der Waals surface area contributed by atoms with E-state index in [0.717, 1.165) is 6.21 Å². The number of nitrogen functional groups attached to an aromatic ring is 1. The largest absolute Gasteiger partial charge is 0.479 e. The number of hydrogen-bond acceptors (Lipinski definition) is 9. The third-order valence-corrected chi connectivity index (χ3v) is 3.31. The van der Waals surface area contributed by atoms with Gasteiger partial charge in [-0.15, -0.1) is 0 Å². The third-order valence-electron chi connectivity index (χ3n) is 2.70. The first-order valence-electron chi connectivity index (χ1n) is 5.85. The van der Waals surface area contributed by atoms with Crippen LogP contribution in [0.3, 0.4) is 0 Å². The molecule has 0 bridgehead atoms. The van der Waals surface area contributed by atoms with Crippen LogP contribution in [0.25, 0.3) is 11.3 Å². The molecular formula is C12H11N5O4S. The van der Waals surface area contributed by atoms with Gasteiger partial charge in [-0.05, 0) is 12.1 Å². The Morgan fingerprint density at radius 2 is 2.27 bits per heavy atom. The molecule has 1 aromatic carbocycles. The average Bonchev–Trinajstić information content (AvgIpc) is 2.48. The maximum Gasteiger partial charge on any atom is 0.265 e. The molecule has 0 spiro atoms. The molecule has 0 amide bonds. The SMILES string of the molecule is COc1ncnc(-c2ccc(S[N+](=O)[O-])cc2C=NO)c1N. The Kier molecular flexibility index (Phi) is 4.73. The number of anilines is 1. The first-order chi connectivity index (χ1) is 10.6. The van der Waals surface area contributed by atoms with Crippen LogP contribution in [0.2, 0.25) is 0 Å². The first-order valence-corrected chi connectivity index (χ1v) is 6.62. The Morgan fingerprint density at radius 1 is 1.50 bits per heavy atom. The summed E-state index contributed by atoms with van der Waals surface area (Å²) in [6, 6.07) is 4.64. The molecule has 0 radical (unpaired) electrons. The van der Waals surface area contributed by atoms with E-state index in [0.29, 0.717) is 33.7 Å². The van der Waals surface area contributed by atoms with E-state index in [4.69, 9.17) is 15.7 Å². The second-order valence-corrected chi connectivity index (χ2v) is 4.91. The molecule has 10 heteroatoms. The lowest BCUT2D eigenvalue weighted by Crippen LogP contribution is -2.02. The Bertz CT molecular complexity index is 737. The smallest absolute Gasteiger partial charge is 0.265 e. The molecular weight excluding hydrogens is 310 g/mol. The van der Waals surface area contributed by atoms with E-state index < -0.39 is 4.33 Å². The summed E-state index contributed by atoms with van der Waals surface area (Å²) >= 11 is 0.444. The lowest BCUT2D eigenvalue weighted by Gasteiger charge is -2.10. The zero-order chi connectivity index (χ0) is 16.1. The zero-order valence-electron chi connectivity index (χ0n) is 11.3. The monoisotopic (exact) mass is 321 g/mol. The summed E-state index contributed by atoms with van der Waals surface area (Å²) in [5.74, 6) is 0.209. The van der Waals surface area contributed by atoms with Crippen LogP contribution in [0.5, 0.6) is 5.88 Å². The van der Waals surface area contributed by atoms with Gasteiger partial charge in [0.05, 0.1) is 18.2 Å². The normalized spacial score (nSPS) is 10.8. The number of benzene rings is 1. The highest BCUT2D eigenvalue weighted by Gasteiger charge is 2.16. The summed E-state index contributed by atoms with van der Waals surface area (Å²) in [7, 11) is 1.43. The maximum atomic E-state index is 10.6. The van der Waals surface area contributed by atoms with Crippen molar-refractivity contribution < 1.29 is 14.3 Å². The third kappa shape index (κ3) is 3.23. The van der Waals surface area contributed by atoms with Gasteiger partial charge in [-0.1, -0.05) is 11.2 Å². The van der Waals surface area contributed by atoms with Crippen LogP contribution in [-0.4, -0.2) is 32.8 Å². The Labute approximate surface area is 129 Å². The lowest BCUT2D eigenvalue weighted by molar-refractivity contribution is -0.284. The molecule has 0 saturated heterocycles. The summed E-state index contributed by atoms with van der Waals surface area (Å²) in [6.07, 6.45) is 2.43. The van der Waals surface area contributed by atoms with E-state index in [1.807, 2.05) is 0 Å². The molecule has 22 heavy (non-hydrogen) atoms. The predicted octanol–water partition coefficient (Wildman–Crippen LogP) is 1.83. The highest BCUT2D eigenvalue weighted by atomic mass is 32.2. The van der Waals surface area contributed by atoms with Crippen molar-refractivity contribution in [1.82, 2.24) is 9.97 Å². The number of nitro groups is 1. The van der Waals surface area contributed by atoms with Crippen molar-refractivity contribution in [2.75, 3.05) is 12.8 Å². The van der Waals surface area contributed by atoms with Gasteiger partial charge in [0, 0.05) is 11.1 Å². The quantitative estimate of drug-likeness (QED) is 0.280. The highest BCUT2D eigenvalue weighted by molar-refractivity contribution is 7.93. The van der Waals surface area contributed by atoms with Crippen LogP contribution < -0.4 is 10.5 Å². The number of rotatable bonds is 5. The summed E-state index contributed by atoms with van der Waals surface area (Å²) < 4.78 is 4.50. The first kappa shape index (κ1) is 15.5. The van der Waals surface area contributed by atoms with Gasteiger partial charge >= 0.3 is 0 Å². The summed E-state index contributed by atoms with van der Waals surface area (Å²) in [6.45, 7) is 0. The van der Waals surface area contributed by atoms with Gasteiger partial charge in [-0.3, -0.25) is 10.1 Å². The standard InChI is InChI=1S/C12H11N5O4S/c1-21-12-10(13)11(14-6-15-12)9-3-2-8(22-17(19)20)4-7(9)5-16-18/h2-6,18H,13H2,1H3. The number of nitrogens with two attached hydrogens (primary N) is 1. The minimum atomic E-state index is -0.531. The van der Waals surface area contributed by atoms with E-state index in [-0.39, 0.29) is 11.6 Å². The van der Waals surface area contributed by atoms with Crippen molar-refractivity contribution in [2.45, 2.75) is 4.90 Å². The van der Waals surface area contributed by atoms with E-state index in [1.165, 1.54) is 19.5 Å². The van der Waals surface area contributed by atoms with Crippen molar-refractivity contribution in [3.05, 3.63) is 40.2 Å². The van der Waals surface area contributed by atoms with Crippen molar-refractivity contribution >= 4 is 23.8 Å². The van der Waals surface area contributed by atoms with Crippen LogP contribution in [0, 0.1) is 10.1 Å². The Balaban J connectivity index is 2.57. The number of methoxy groups -OCH3 is 1. The molecule has 0 aliphatic heterocycles. The molecule has 0 atom stereocenters. The van der Waals surface area contributed by atoms with Gasteiger partial charge in [-0.25, -0.2) is 4.98 Å². The van der Waals surface area contributed by atoms with Gasteiger partial charge in [-0.2, -0.15) is 4.98 Å². The molecule has 9 nitrogen and oxygen atoms in total. The molecule has 0 fully saturated rings. The van der Waals surface area contributed by atoms with Gasteiger partial charge in [0.1, 0.15) is 22.0 Å². The minimum Gasteiger partial charge on any atom is -0.479 e. The molecule has 2 rings (SSSR count). The molecule has 114 valence electrons. The number of ether oxygens (including phenoxy) is 1. The fourth-order valence-corrected chi connectivity index (χ4v) is 2.31. The summed E-state index contributed by atoms with van der Waals surface area (Å²) in [5, 5.41) is 22.3. The van der Waals surface area contributed by atoms with Crippen molar-refractivity contribution in [1.29, 1.82) is 0 Å². The topological polar surface area (TPSA) is 137 Å². The molecule has 2 aromatic rings. The summed E-state index contributed by atoms with van der Waals surface area (Å²) in [4.78, 5) is 18.9. The summed E-state index contributed by atoms with van der Waals surface area (Å²) in [5.41, 5.74) is 7.48. The number of hydrogen-bond donors (Lipinski definition) is 2. The molecule has 1 aromatic heterocycles. The van der Waals surface area contributed by atoms with Crippen LogP contribution >= 0.6 is 11.9 Å². The van der Waals surface area contributed by atoms with Gasteiger partial charge in [0.25, 0.3) is 11.9 Å². The van der Waals surface area contributed by atoms with Crippen molar-refractivity contribution in [2.24, 2.45) is 5.16 Å². The molecule has 0 saturated carbocycles. The number of oxime groups is 1. The lowest BCUT2D eigenvalue weighted by atomic mass is 10.0. The fourth-order valence-electron chi connectivity index (χ4n) is 1.83.